The fraction of sp³-hybridized carbons (Fsp3) is 0.941. The van der Waals surface area contributed by atoms with Gasteiger partial charge in [0.25, 0.3) is 0 Å². The Bertz CT molecular complexity index is 417. The molecular weight excluding hydrogens is 310 g/mol. The fourth-order valence-corrected chi connectivity index (χ4v) is 4.34. The molecule has 0 aromatic carbocycles. The van der Waals surface area contributed by atoms with Crippen molar-refractivity contribution in [2.24, 2.45) is 0 Å². The molecule has 0 spiro atoms. The third-order valence-electron chi connectivity index (χ3n) is 4.91. The van der Waals surface area contributed by atoms with Gasteiger partial charge < -0.3 is 10.2 Å². The quantitative estimate of drug-likeness (QED) is 0.851. The molecule has 1 aliphatic heterocycles. The van der Waals surface area contributed by atoms with E-state index < -0.39 is 10.8 Å². The van der Waals surface area contributed by atoms with Gasteiger partial charge in [-0.05, 0) is 40.0 Å². The summed E-state index contributed by atoms with van der Waals surface area (Å²) < 4.78 is 11.8. The second kappa shape index (κ2) is 8.47. The highest BCUT2D eigenvalue weighted by Crippen LogP contribution is 2.24. The van der Waals surface area contributed by atoms with Crippen molar-refractivity contribution in [2.45, 2.75) is 63.7 Å². The van der Waals surface area contributed by atoms with Crippen molar-refractivity contribution in [3.63, 3.8) is 0 Å². The molecule has 1 unspecified atom stereocenters. The maximum Gasteiger partial charge on any atom is 0.317 e. The highest BCUT2D eigenvalue weighted by molar-refractivity contribution is 7.86. The number of carbonyl (C=O) groups is 1. The Labute approximate surface area is 143 Å². The molecule has 1 saturated heterocycles. The van der Waals surface area contributed by atoms with Gasteiger partial charge in [0.2, 0.25) is 0 Å². The van der Waals surface area contributed by atoms with Crippen LogP contribution in [0, 0.1) is 0 Å². The van der Waals surface area contributed by atoms with E-state index in [2.05, 4.69) is 10.2 Å². The molecular formula is C17H33N3O2S. The van der Waals surface area contributed by atoms with Crippen LogP contribution in [0.4, 0.5) is 4.79 Å². The second-order valence-electron chi connectivity index (χ2n) is 7.71. The normalized spacial score (nSPS) is 22.8. The van der Waals surface area contributed by atoms with E-state index in [-0.39, 0.29) is 10.8 Å². The summed E-state index contributed by atoms with van der Waals surface area (Å²) in [6.07, 6.45) is 6.42. The summed E-state index contributed by atoms with van der Waals surface area (Å²) in [5, 5.41) is 2.94. The summed E-state index contributed by atoms with van der Waals surface area (Å²) in [5.41, 5.74) is 0. The fourth-order valence-electron chi connectivity index (χ4n) is 3.44. The molecule has 1 N–H and O–H groups in total. The predicted octanol–water partition coefficient (Wildman–Crippen LogP) is 2.19. The van der Waals surface area contributed by atoms with Gasteiger partial charge in [0.05, 0.1) is 0 Å². The molecule has 0 aromatic heterocycles. The Kier molecular flexibility index (Phi) is 6.89. The van der Waals surface area contributed by atoms with E-state index >= 15 is 0 Å². The Morgan fingerprint density at radius 1 is 1.09 bits per heavy atom. The Hall–Kier alpha value is -0.620. The van der Waals surface area contributed by atoms with Crippen LogP contribution in [-0.4, -0.2) is 69.3 Å². The summed E-state index contributed by atoms with van der Waals surface area (Å²) in [6, 6.07) is 0.747. The first-order chi connectivity index (χ1) is 10.9. The Morgan fingerprint density at radius 2 is 1.78 bits per heavy atom. The number of carbonyl (C=O) groups excluding carboxylic acids is 1. The number of amides is 2. The number of nitrogens with zero attached hydrogens (tertiary/aromatic N) is 2. The molecule has 6 heteroatoms. The van der Waals surface area contributed by atoms with Gasteiger partial charge in [-0.15, -0.1) is 0 Å². The molecule has 1 aliphatic carbocycles. The van der Waals surface area contributed by atoms with Crippen LogP contribution in [0.1, 0.15) is 52.9 Å². The third-order valence-corrected chi connectivity index (χ3v) is 6.85. The van der Waals surface area contributed by atoms with Crippen LogP contribution in [0.5, 0.6) is 0 Å². The van der Waals surface area contributed by atoms with E-state index in [0.717, 1.165) is 38.6 Å². The van der Waals surface area contributed by atoms with Gasteiger partial charge >= 0.3 is 6.03 Å². The molecule has 2 aliphatic rings. The predicted molar refractivity (Wildman–Crippen MR) is 96.2 cm³/mol. The summed E-state index contributed by atoms with van der Waals surface area (Å²) in [4.78, 5) is 16.8. The van der Waals surface area contributed by atoms with E-state index in [0.29, 0.717) is 12.3 Å². The zero-order chi connectivity index (χ0) is 16.9. The lowest BCUT2D eigenvalue weighted by molar-refractivity contribution is 0.188. The van der Waals surface area contributed by atoms with E-state index in [1.165, 1.54) is 25.7 Å². The lowest BCUT2D eigenvalue weighted by Gasteiger charge is -2.27. The molecule has 1 atom stereocenters. The molecule has 2 fully saturated rings. The largest absolute Gasteiger partial charge is 0.337 e. The number of nitrogens with one attached hydrogen (secondary N) is 1. The second-order valence-corrected chi connectivity index (χ2v) is 10.0. The molecule has 1 heterocycles. The topological polar surface area (TPSA) is 52.7 Å². The molecule has 134 valence electrons. The van der Waals surface area contributed by atoms with Crippen molar-refractivity contribution < 1.29 is 9.00 Å². The van der Waals surface area contributed by atoms with Crippen LogP contribution in [-0.2, 0) is 10.8 Å². The summed E-state index contributed by atoms with van der Waals surface area (Å²) in [6.45, 7) is 10.1. The molecule has 0 bridgehead atoms. The van der Waals surface area contributed by atoms with E-state index in [9.17, 15) is 9.00 Å². The standard InChI is InChI=1S/C17H33N3O2S/c1-17(2,3)23(22)14-9-18-16(21)20-11-6-10-19(12-13-20)15-7-4-5-8-15/h15H,4-14H2,1-3H3,(H,18,21). The minimum atomic E-state index is -0.911. The van der Waals surface area contributed by atoms with Crippen molar-refractivity contribution >= 4 is 16.8 Å². The molecule has 1 saturated carbocycles. The highest BCUT2D eigenvalue weighted by atomic mass is 32.2. The summed E-state index contributed by atoms with van der Waals surface area (Å²) in [7, 11) is -0.911. The van der Waals surface area contributed by atoms with Gasteiger partial charge in [0.1, 0.15) is 0 Å². The monoisotopic (exact) mass is 343 g/mol. The van der Waals surface area contributed by atoms with Gasteiger partial charge in [-0.25, -0.2) is 4.79 Å². The lowest BCUT2D eigenvalue weighted by atomic mass is 10.2. The maximum atomic E-state index is 12.3. The molecule has 0 radical (unpaired) electrons. The van der Waals surface area contributed by atoms with Gasteiger partial charge in [-0.2, -0.15) is 0 Å². The smallest absolute Gasteiger partial charge is 0.317 e. The Balaban J connectivity index is 1.71. The SMILES string of the molecule is CC(C)(C)S(=O)CCNC(=O)N1CCCN(C2CCCC2)CC1. The Morgan fingerprint density at radius 3 is 2.43 bits per heavy atom. The first-order valence-corrected chi connectivity index (χ1v) is 10.3. The third kappa shape index (κ3) is 5.75. The number of hydrogen-bond acceptors (Lipinski definition) is 3. The zero-order valence-corrected chi connectivity index (χ0v) is 15.8. The number of hydrogen-bond donors (Lipinski definition) is 1. The summed E-state index contributed by atoms with van der Waals surface area (Å²) in [5.74, 6) is 0.525. The van der Waals surface area contributed by atoms with Crippen molar-refractivity contribution in [1.29, 1.82) is 0 Å². The van der Waals surface area contributed by atoms with Crippen LogP contribution < -0.4 is 5.32 Å². The summed E-state index contributed by atoms with van der Waals surface area (Å²) >= 11 is 0. The number of urea groups is 1. The first-order valence-electron chi connectivity index (χ1n) is 9.03. The van der Waals surface area contributed by atoms with Crippen LogP contribution in [0.2, 0.25) is 0 Å². The van der Waals surface area contributed by atoms with Gasteiger partial charge in [-0.3, -0.25) is 9.11 Å². The van der Waals surface area contributed by atoms with E-state index in [4.69, 9.17) is 0 Å². The average Bonchev–Trinajstić information content (AvgIpc) is 2.90. The molecule has 2 amide bonds. The van der Waals surface area contributed by atoms with Crippen molar-refractivity contribution in [1.82, 2.24) is 15.1 Å². The number of rotatable bonds is 4. The highest BCUT2D eigenvalue weighted by Gasteiger charge is 2.26. The van der Waals surface area contributed by atoms with Gasteiger partial charge in [-0.1, -0.05) is 12.8 Å². The molecule has 5 nitrogen and oxygen atoms in total. The van der Waals surface area contributed by atoms with E-state index in [1.807, 2.05) is 25.7 Å². The molecule has 0 aromatic rings. The van der Waals surface area contributed by atoms with Crippen LogP contribution >= 0.6 is 0 Å². The van der Waals surface area contributed by atoms with E-state index in [1.54, 1.807) is 0 Å². The average molecular weight is 344 g/mol. The van der Waals surface area contributed by atoms with Gasteiger partial charge in [0, 0.05) is 60.1 Å². The zero-order valence-electron chi connectivity index (χ0n) is 15.0. The van der Waals surface area contributed by atoms with Crippen LogP contribution in [0.15, 0.2) is 0 Å². The van der Waals surface area contributed by atoms with Crippen molar-refractivity contribution in [3.8, 4) is 0 Å². The maximum absolute atomic E-state index is 12.3. The van der Waals surface area contributed by atoms with Crippen molar-refractivity contribution in [2.75, 3.05) is 38.5 Å². The van der Waals surface area contributed by atoms with Crippen LogP contribution in [0.3, 0.4) is 0 Å². The van der Waals surface area contributed by atoms with Crippen molar-refractivity contribution in [3.05, 3.63) is 0 Å². The van der Waals surface area contributed by atoms with Crippen LogP contribution in [0.25, 0.3) is 0 Å². The van der Waals surface area contributed by atoms with Gasteiger partial charge in [0.15, 0.2) is 0 Å². The minimum absolute atomic E-state index is 0.00387. The molecule has 23 heavy (non-hydrogen) atoms. The lowest BCUT2D eigenvalue weighted by Crippen LogP contribution is -2.44. The minimum Gasteiger partial charge on any atom is -0.337 e. The first kappa shape index (κ1) is 18.7. The molecule has 2 rings (SSSR count).